The zero-order valence-electron chi connectivity index (χ0n) is 15.3. The Morgan fingerprint density at radius 2 is 1.89 bits per heavy atom. The number of likely N-dealkylation sites (tertiary alicyclic amines) is 1. The van der Waals surface area contributed by atoms with Crippen LogP contribution in [0.25, 0.3) is 0 Å². The molecule has 1 atom stereocenters. The van der Waals surface area contributed by atoms with E-state index in [0.717, 1.165) is 44.0 Å². The summed E-state index contributed by atoms with van der Waals surface area (Å²) in [5.41, 5.74) is 0.685. The van der Waals surface area contributed by atoms with Crippen molar-refractivity contribution in [3.8, 4) is 0 Å². The van der Waals surface area contributed by atoms with E-state index in [2.05, 4.69) is 14.9 Å². The lowest BCUT2D eigenvalue weighted by molar-refractivity contribution is 0.143. The molecule has 2 aliphatic heterocycles. The van der Waals surface area contributed by atoms with Gasteiger partial charge in [0.05, 0.1) is 18.4 Å². The number of fused-ring (bicyclic) bond motifs is 1. The molecule has 146 valence electrons. The van der Waals surface area contributed by atoms with E-state index in [1.165, 1.54) is 0 Å². The van der Waals surface area contributed by atoms with Crippen molar-refractivity contribution in [2.24, 2.45) is 5.92 Å². The topological polar surface area (TPSA) is 83.8 Å². The van der Waals surface area contributed by atoms with Crippen molar-refractivity contribution in [2.75, 3.05) is 25.5 Å². The monoisotopic (exact) mass is 391 g/mol. The van der Waals surface area contributed by atoms with Crippen molar-refractivity contribution in [2.45, 2.75) is 37.1 Å². The maximum absolute atomic E-state index is 12.5. The van der Waals surface area contributed by atoms with Crippen LogP contribution in [0.1, 0.15) is 24.4 Å². The van der Waals surface area contributed by atoms with Crippen LogP contribution in [0, 0.1) is 5.92 Å². The lowest BCUT2D eigenvalue weighted by Gasteiger charge is -2.38. The van der Waals surface area contributed by atoms with Gasteiger partial charge < -0.3 is 14.5 Å². The Morgan fingerprint density at radius 1 is 1.15 bits per heavy atom. The fourth-order valence-corrected chi connectivity index (χ4v) is 5.24. The van der Waals surface area contributed by atoms with Crippen molar-refractivity contribution >= 4 is 15.7 Å². The summed E-state index contributed by atoms with van der Waals surface area (Å²) in [7, 11) is -1.81. The summed E-state index contributed by atoms with van der Waals surface area (Å²) in [6.45, 7) is 3.07. The third kappa shape index (κ3) is 4.03. The van der Waals surface area contributed by atoms with Gasteiger partial charge in [0.25, 0.3) is 0 Å². The van der Waals surface area contributed by atoms with Crippen molar-refractivity contribution < 1.29 is 17.6 Å². The lowest BCUT2D eigenvalue weighted by Crippen LogP contribution is -2.51. The van der Waals surface area contributed by atoms with Crippen molar-refractivity contribution in [1.82, 2.24) is 9.62 Å². The van der Waals surface area contributed by atoms with Crippen LogP contribution in [-0.2, 0) is 27.9 Å². The first-order chi connectivity index (χ1) is 13.0. The Hall–Kier alpha value is -1.87. The van der Waals surface area contributed by atoms with Crippen LogP contribution in [0.2, 0.25) is 0 Å². The third-order valence-corrected chi connectivity index (χ3v) is 6.76. The molecule has 0 aliphatic carbocycles. The van der Waals surface area contributed by atoms with Gasteiger partial charge >= 0.3 is 0 Å². The van der Waals surface area contributed by atoms with Crippen molar-refractivity contribution in [3.63, 3.8) is 0 Å². The quantitative estimate of drug-likeness (QED) is 0.814. The molecule has 7 nitrogen and oxygen atoms in total. The predicted molar refractivity (Wildman–Crippen MR) is 102 cm³/mol. The van der Waals surface area contributed by atoms with Crippen LogP contribution >= 0.6 is 0 Å². The van der Waals surface area contributed by atoms with Gasteiger partial charge in [-0.25, -0.2) is 8.42 Å². The van der Waals surface area contributed by atoms with Gasteiger partial charge in [-0.3, -0.25) is 4.90 Å². The number of benzene rings is 1. The predicted octanol–water partition coefficient (Wildman–Crippen LogP) is 2.37. The average molecular weight is 391 g/mol. The number of sulfonamides is 1. The van der Waals surface area contributed by atoms with Gasteiger partial charge in [-0.15, -0.1) is 0 Å². The highest BCUT2D eigenvalue weighted by atomic mass is 32.2. The standard InChI is InChI=1S/C19H25N3O4S/c1-25-13-16-7-6-15(26-16)12-22-10-8-14(9-11-22)19-20-17-4-2-3-5-18(17)27(23,24)21-19/h2-7,14,19-21H,8-13H2,1H3/t19-/m0/s1. The zero-order valence-corrected chi connectivity index (χ0v) is 16.2. The molecule has 0 radical (unpaired) electrons. The van der Waals surface area contributed by atoms with E-state index >= 15 is 0 Å². The van der Waals surface area contributed by atoms with E-state index in [0.29, 0.717) is 17.2 Å². The van der Waals surface area contributed by atoms with E-state index in [-0.39, 0.29) is 12.1 Å². The van der Waals surface area contributed by atoms with E-state index in [1.807, 2.05) is 24.3 Å². The molecule has 0 spiro atoms. The Bertz CT molecular complexity index is 888. The lowest BCUT2D eigenvalue weighted by atomic mass is 9.93. The summed E-state index contributed by atoms with van der Waals surface area (Å²) in [6, 6.07) is 11.0. The van der Waals surface area contributed by atoms with Crippen LogP contribution in [0.3, 0.4) is 0 Å². The van der Waals surface area contributed by atoms with Crippen LogP contribution in [0.5, 0.6) is 0 Å². The normalized spacial score (nSPS) is 22.9. The molecule has 4 rings (SSSR count). The smallest absolute Gasteiger partial charge is 0.244 e. The Kier molecular flexibility index (Phi) is 5.23. The number of nitrogens with zero attached hydrogens (tertiary/aromatic N) is 1. The summed E-state index contributed by atoms with van der Waals surface area (Å²) >= 11 is 0. The number of furan rings is 1. The minimum absolute atomic E-state index is 0.255. The Labute approximate surface area is 159 Å². The minimum Gasteiger partial charge on any atom is -0.462 e. The fraction of sp³-hybridized carbons (Fsp3) is 0.474. The molecule has 0 saturated carbocycles. The minimum atomic E-state index is -3.46. The van der Waals surface area contributed by atoms with Gasteiger partial charge in [-0.2, -0.15) is 4.72 Å². The van der Waals surface area contributed by atoms with Gasteiger partial charge in [-0.05, 0) is 56.1 Å². The van der Waals surface area contributed by atoms with Crippen LogP contribution in [0.15, 0.2) is 45.7 Å². The number of hydrogen-bond acceptors (Lipinski definition) is 6. The van der Waals surface area contributed by atoms with Crippen LogP contribution in [-0.4, -0.2) is 39.7 Å². The largest absolute Gasteiger partial charge is 0.462 e. The summed E-state index contributed by atoms with van der Waals surface area (Å²) in [6.07, 6.45) is 1.59. The third-order valence-electron chi connectivity index (χ3n) is 5.26. The second kappa shape index (κ2) is 7.63. The second-order valence-corrected chi connectivity index (χ2v) is 8.84. The SMILES string of the molecule is COCc1ccc(CN2CCC([C@H]3Nc4ccccc4S(=O)(=O)N3)CC2)o1. The first-order valence-corrected chi connectivity index (χ1v) is 10.7. The van der Waals surface area contributed by atoms with Gasteiger partial charge in [-0.1, -0.05) is 12.1 Å². The number of anilines is 1. The molecule has 2 N–H and O–H groups in total. The number of nitrogens with one attached hydrogen (secondary N) is 2. The van der Waals surface area contributed by atoms with E-state index < -0.39 is 10.0 Å². The summed E-state index contributed by atoms with van der Waals surface area (Å²) in [5.74, 6) is 2.03. The van der Waals surface area contributed by atoms with Crippen molar-refractivity contribution in [3.05, 3.63) is 47.9 Å². The Balaban J connectivity index is 1.35. The van der Waals surface area contributed by atoms with Crippen LogP contribution < -0.4 is 10.0 Å². The molecule has 0 bridgehead atoms. The fourth-order valence-electron chi connectivity index (χ4n) is 3.85. The highest BCUT2D eigenvalue weighted by molar-refractivity contribution is 7.89. The number of ether oxygens (including phenoxy) is 1. The number of rotatable bonds is 5. The first-order valence-electron chi connectivity index (χ1n) is 9.22. The number of hydrogen-bond donors (Lipinski definition) is 2. The summed E-state index contributed by atoms with van der Waals surface area (Å²) in [5, 5.41) is 3.36. The van der Waals surface area contributed by atoms with Gasteiger partial charge in [0.2, 0.25) is 10.0 Å². The molecule has 8 heteroatoms. The van der Waals surface area contributed by atoms with Gasteiger partial charge in [0.15, 0.2) is 0 Å². The molecule has 2 aliphatic rings. The number of piperidine rings is 1. The molecule has 1 fully saturated rings. The maximum Gasteiger partial charge on any atom is 0.244 e. The molecule has 3 heterocycles. The zero-order chi connectivity index (χ0) is 18.9. The summed E-state index contributed by atoms with van der Waals surface area (Å²) in [4.78, 5) is 2.67. The molecular weight excluding hydrogens is 366 g/mol. The second-order valence-electron chi connectivity index (χ2n) is 7.15. The first kappa shape index (κ1) is 18.5. The van der Waals surface area contributed by atoms with E-state index in [9.17, 15) is 8.42 Å². The number of methoxy groups -OCH3 is 1. The molecule has 0 unspecified atom stereocenters. The highest BCUT2D eigenvalue weighted by Gasteiger charge is 2.35. The molecule has 1 aromatic carbocycles. The van der Waals surface area contributed by atoms with Gasteiger partial charge in [0.1, 0.15) is 23.0 Å². The highest BCUT2D eigenvalue weighted by Crippen LogP contribution is 2.31. The molecule has 27 heavy (non-hydrogen) atoms. The van der Waals surface area contributed by atoms with Crippen LogP contribution in [0.4, 0.5) is 5.69 Å². The maximum atomic E-state index is 12.5. The molecule has 2 aromatic rings. The molecule has 0 amide bonds. The van der Waals surface area contributed by atoms with Crippen molar-refractivity contribution in [1.29, 1.82) is 0 Å². The van der Waals surface area contributed by atoms with E-state index in [1.54, 1.807) is 19.2 Å². The molecular formula is C19H25N3O4S. The summed E-state index contributed by atoms with van der Waals surface area (Å²) < 4.78 is 38.7. The average Bonchev–Trinajstić information content (AvgIpc) is 3.09. The molecule has 1 aromatic heterocycles. The Morgan fingerprint density at radius 3 is 2.67 bits per heavy atom. The van der Waals surface area contributed by atoms with E-state index in [4.69, 9.17) is 9.15 Å². The number of para-hydroxylation sites is 1. The van der Waals surface area contributed by atoms with Gasteiger partial charge in [0, 0.05) is 7.11 Å². The molecule has 1 saturated heterocycles.